The first-order chi connectivity index (χ1) is 14.8. The predicted octanol–water partition coefficient (Wildman–Crippen LogP) is 3.50. The summed E-state index contributed by atoms with van der Waals surface area (Å²) in [4.78, 5) is 28.9. The van der Waals surface area contributed by atoms with Gasteiger partial charge >= 0.3 is 5.97 Å². The van der Waals surface area contributed by atoms with Crippen LogP contribution >= 0.6 is 24.0 Å². The summed E-state index contributed by atoms with van der Waals surface area (Å²) >= 11 is 6.08. The normalized spacial score (nSPS) is 15.2. The fourth-order valence-electron chi connectivity index (χ4n) is 2.92. The van der Waals surface area contributed by atoms with Crippen LogP contribution in [0.15, 0.2) is 53.8 Å². The number of hydrogen-bond donors (Lipinski definition) is 1. The van der Waals surface area contributed by atoms with Gasteiger partial charge in [0.05, 0.1) is 4.91 Å². The van der Waals surface area contributed by atoms with E-state index in [1.54, 1.807) is 24.5 Å². The summed E-state index contributed by atoms with van der Waals surface area (Å²) < 4.78 is 29.0. The van der Waals surface area contributed by atoms with E-state index in [4.69, 9.17) is 17.3 Å². The second kappa shape index (κ2) is 8.36. The molecule has 1 aliphatic heterocycles. The molecule has 0 atom stereocenters. The van der Waals surface area contributed by atoms with Gasteiger partial charge in [-0.3, -0.25) is 19.5 Å². The first-order valence-electron chi connectivity index (χ1n) is 8.76. The molecular weight excluding hydrogens is 446 g/mol. The number of benzene rings is 1. The van der Waals surface area contributed by atoms with Crippen LogP contribution in [0.1, 0.15) is 5.56 Å². The zero-order valence-corrected chi connectivity index (χ0v) is 17.2. The molecule has 1 amide bonds. The van der Waals surface area contributed by atoms with Crippen LogP contribution in [0.25, 0.3) is 23.0 Å². The van der Waals surface area contributed by atoms with Crippen molar-refractivity contribution in [1.29, 1.82) is 0 Å². The molecule has 0 saturated carbocycles. The molecule has 2 aromatic heterocycles. The number of hydrogen-bond acceptors (Lipinski definition) is 6. The van der Waals surface area contributed by atoms with Gasteiger partial charge in [-0.15, -0.1) is 0 Å². The molecule has 1 N–H and O–H groups in total. The van der Waals surface area contributed by atoms with Crippen molar-refractivity contribution in [2.45, 2.75) is 0 Å². The second-order valence-corrected chi connectivity index (χ2v) is 8.05. The van der Waals surface area contributed by atoms with Crippen LogP contribution in [0.2, 0.25) is 0 Å². The number of aromatic nitrogens is 3. The van der Waals surface area contributed by atoms with Crippen LogP contribution in [0.3, 0.4) is 0 Å². The van der Waals surface area contributed by atoms with E-state index < -0.39 is 30.1 Å². The largest absolute Gasteiger partial charge is 0.480 e. The van der Waals surface area contributed by atoms with Crippen LogP contribution in [0, 0.1) is 11.6 Å². The van der Waals surface area contributed by atoms with Crippen LogP contribution in [-0.4, -0.2) is 47.5 Å². The lowest BCUT2D eigenvalue weighted by Gasteiger charge is -2.10. The number of thiocarbonyl (C=S) groups is 1. The van der Waals surface area contributed by atoms with Crippen molar-refractivity contribution < 1.29 is 23.5 Å². The van der Waals surface area contributed by atoms with Crippen molar-refractivity contribution in [3.8, 4) is 16.9 Å². The van der Waals surface area contributed by atoms with E-state index in [0.717, 1.165) is 28.8 Å². The molecule has 4 rings (SSSR count). The lowest BCUT2D eigenvalue weighted by molar-refractivity contribution is -0.140. The van der Waals surface area contributed by atoms with E-state index in [0.29, 0.717) is 16.8 Å². The van der Waals surface area contributed by atoms with Crippen molar-refractivity contribution in [3.05, 3.63) is 71.0 Å². The highest BCUT2D eigenvalue weighted by molar-refractivity contribution is 8.26. The number of carboxylic acid groups (broad SMARTS) is 1. The first-order valence-corrected chi connectivity index (χ1v) is 9.98. The molecule has 0 radical (unpaired) electrons. The van der Waals surface area contributed by atoms with Crippen LogP contribution in [0.5, 0.6) is 0 Å². The SMILES string of the molecule is O=C(O)CN1C(=O)/C(=C/c2cn(-c3ccc(F)cc3F)nc2-c2cccnc2)SC1=S. The van der Waals surface area contributed by atoms with Gasteiger partial charge in [-0.1, -0.05) is 24.0 Å². The minimum absolute atomic E-state index is 0.0182. The van der Waals surface area contributed by atoms with Gasteiger partial charge in [0.15, 0.2) is 5.82 Å². The van der Waals surface area contributed by atoms with E-state index in [1.807, 2.05) is 0 Å². The molecule has 3 aromatic rings. The summed E-state index contributed by atoms with van der Waals surface area (Å²) in [6, 6.07) is 6.55. The molecule has 0 bridgehead atoms. The highest BCUT2D eigenvalue weighted by Gasteiger charge is 2.33. The van der Waals surface area contributed by atoms with E-state index in [2.05, 4.69) is 10.1 Å². The monoisotopic (exact) mass is 458 g/mol. The number of nitrogens with zero attached hydrogens (tertiary/aromatic N) is 4. The third-order valence-corrected chi connectivity index (χ3v) is 5.67. The zero-order chi connectivity index (χ0) is 22.1. The van der Waals surface area contributed by atoms with Crippen molar-refractivity contribution in [1.82, 2.24) is 19.7 Å². The Morgan fingerprint density at radius 2 is 2.10 bits per heavy atom. The average molecular weight is 458 g/mol. The number of rotatable bonds is 5. The number of carbonyl (C=O) groups is 2. The second-order valence-electron chi connectivity index (χ2n) is 6.38. The molecule has 0 aliphatic carbocycles. The van der Waals surface area contributed by atoms with Crippen LogP contribution in [-0.2, 0) is 9.59 Å². The zero-order valence-electron chi connectivity index (χ0n) is 15.5. The standard InChI is InChI=1S/C20H12F2N4O3S2/c21-13-3-4-15(14(22)7-13)26-9-12(18(24-26)11-2-1-5-23-8-11)6-16-19(29)25(10-17(27)28)20(30)31-16/h1-9H,10H2,(H,27,28)/b16-6-. The fraction of sp³-hybridized carbons (Fsp3) is 0.0500. The summed E-state index contributed by atoms with van der Waals surface area (Å²) in [5.74, 6) is -3.26. The van der Waals surface area contributed by atoms with E-state index in [-0.39, 0.29) is 14.9 Å². The Labute approximate surface area is 184 Å². The van der Waals surface area contributed by atoms with Gasteiger partial charge in [-0.05, 0) is 30.3 Å². The number of thioether (sulfide) groups is 1. The summed E-state index contributed by atoms with van der Waals surface area (Å²) in [6.45, 7) is -0.544. The van der Waals surface area contributed by atoms with Gasteiger partial charge in [-0.25, -0.2) is 13.5 Å². The lowest BCUT2D eigenvalue weighted by Crippen LogP contribution is -2.33. The quantitative estimate of drug-likeness (QED) is 0.463. The lowest BCUT2D eigenvalue weighted by atomic mass is 10.1. The molecule has 0 unspecified atom stereocenters. The predicted molar refractivity (Wildman–Crippen MR) is 114 cm³/mol. The van der Waals surface area contributed by atoms with Crippen molar-refractivity contribution in [3.63, 3.8) is 0 Å². The average Bonchev–Trinajstić information content (AvgIpc) is 3.25. The Bertz CT molecular complexity index is 1240. The fourth-order valence-corrected chi connectivity index (χ4v) is 4.17. The number of aliphatic carboxylic acids is 1. The first kappa shape index (κ1) is 20.8. The Hall–Kier alpha value is -3.44. The highest BCUT2D eigenvalue weighted by Crippen LogP contribution is 2.34. The number of amides is 1. The third-order valence-electron chi connectivity index (χ3n) is 4.29. The molecule has 3 heterocycles. The van der Waals surface area contributed by atoms with Gasteiger partial charge in [-0.2, -0.15) is 5.10 Å². The summed E-state index contributed by atoms with van der Waals surface area (Å²) in [7, 11) is 0. The molecule has 1 fully saturated rings. The van der Waals surface area contributed by atoms with Crippen molar-refractivity contribution >= 4 is 46.3 Å². The Kier molecular flexibility index (Phi) is 5.61. The van der Waals surface area contributed by atoms with Gasteiger partial charge in [0, 0.05) is 35.8 Å². The Balaban J connectivity index is 1.81. The number of carboxylic acids is 1. The van der Waals surface area contributed by atoms with Gasteiger partial charge in [0.2, 0.25) is 0 Å². The maximum atomic E-state index is 14.3. The Morgan fingerprint density at radius 3 is 2.77 bits per heavy atom. The van der Waals surface area contributed by atoms with Crippen molar-refractivity contribution in [2.75, 3.05) is 6.54 Å². The smallest absolute Gasteiger partial charge is 0.323 e. The van der Waals surface area contributed by atoms with Crippen LogP contribution < -0.4 is 0 Å². The number of carbonyl (C=O) groups excluding carboxylic acids is 1. The maximum absolute atomic E-state index is 14.3. The molecule has 31 heavy (non-hydrogen) atoms. The number of halogens is 2. The van der Waals surface area contributed by atoms with Gasteiger partial charge in [0.25, 0.3) is 5.91 Å². The molecule has 1 saturated heterocycles. The van der Waals surface area contributed by atoms with E-state index >= 15 is 0 Å². The Morgan fingerprint density at radius 1 is 1.29 bits per heavy atom. The van der Waals surface area contributed by atoms with E-state index in [9.17, 15) is 18.4 Å². The summed E-state index contributed by atoms with van der Waals surface area (Å²) in [5.41, 5.74) is 1.48. The highest BCUT2D eigenvalue weighted by atomic mass is 32.2. The number of pyridine rings is 1. The topological polar surface area (TPSA) is 88.3 Å². The molecular formula is C20H12F2N4O3S2. The molecule has 156 valence electrons. The molecule has 0 spiro atoms. The summed E-state index contributed by atoms with van der Waals surface area (Å²) in [6.07, 6.45) is 6.13. The van der Waals surface area contributed by atoms with Gasteiger partial charge in [0.1, 0.15) is 28.1 Å². The minimum atomic E-state index is -1.19. The van der Waals surface area contributed by atoms with Gasteiger partial charge < -0.3 is 5.11 Å². The van der Waals surface area contributed by atoms with Crippen molar-refractivity contribution in [2.24, 2.45) is 0 Å². The molecule has 11 heteroatoms. The summed E-state index contributed by atoms with van der Waals surface area (Å²) in [5, 5.41) is 13.4. The molecule has 1 aromatic carbocycles. The molecule has 1 aliphatic rings. The van der Waals surface area contributed by atoms with E-state index in [1.165, 1.54) is 23.0 Å². The maximum Gasteiger partial charge on any atom is 0.323 e. The third kappa shape index (κ3) is 4.23. The van der Waals surface area contributed by atoms with Crippen LogP contribution in [0.4, 0.5) is 8.78 Å². The minimum Gasteiger partial charge on any atom is -0.480 e. The molecule has 7 nitrogen and oxygen atoms in total.